The maximum absolute atomic E-state index is 11.7. The molecule has 0 saturated carbocycles. The average molecular weight is 273 g/mol. The molecule has 1 aromatic rings. The molecule has 0 bridgehead atoms. The second kappa shape index (κ2) is 8.91. The molecule has 1 aromatic carbocycles. The van der Waals surface area contributed by atoms with Crippen LogP contribution in [-0.4, -0.2) is 23.7 Å². The SMILES string of the molecule is CCCC(O)CNC(=O)C(N)c1ccccc1.Cl. The number of carbonyl (C=O) groups is 1. The van der Waals surface area contributed by atoms with E-state index in [4.69, 9.17) is 5.73 Å². The van der Waals surface area contributed by atoms with Crippen molar-refractivity contribution in [1.29, 1.82) is 0 Å². The van der Waals surface area contributed by atoms with E-state index in [0.29, 0.717) is 6.42 Å². The van der Waals surface area contributed by atoms with Crippen LogP contribution < -0.4 is 11.1 Å². The molecular formula is C13H21ClN2O2. The van der Waals surface area contributed by atoms with E-state index in [9.17, 15) is 9.90 Å². The fraction of sp³-hybridized carbons (Fsp3) is 0.462. The highest BCUT2D eigenvalue weighted by molar-refractivity contribution is 5.85. The van der Waals surface area contributed by atoms with Crippen molar-refractivity contribution in [2.75, 3.05) is 6.54 Å². The first kappa shape index (κ1) is 16.9. The van der Waals surface area contributed by atoms with Crippen molar-refractivity contribution < 1.29 is 9.90 Å². The van der Waals surface area contributed by atoms with Crippen molar-refractivity contribution in [3.05, 3.63) is 35.9 Å². The summed E-state index contributed by atoms with van der Waals surface area (Å²) in [5, 5.41) is 12.1. The van der Waals surface area contributed by atoms with Gasteiger partial charge in [-0.1, -0.05) is 43.7 Å². The van der Waals surface area contributed by atoms with Gasteiger partial charge >= 0.3 is 0 Å². The standard InChI is InChI=1S/C13H20N2O2.ClH/c1-2-6-11(16)9-15-13(17)12(14)10-7-4-3-5-8-10;/h3-5,7-8,11-12,16H,2,6,9,14H2,1H3,(H,15,17);1H. The molecular weight excluding hydrogens is 252 g/mol. The van der Waals surface area contributed by atoms with Crippen LogP contribution in [0.2, 0.25) is 0 Å². The van der Waals surface area contributed by atoms with Crippen molar-refractivity contribution in [3.8, 4) is 0 Å². The second-order valence-electron chi connectivity index (χ2n) is 4.08. The lowest BCUT2D eigenvalue weighted by atomic mass is 10.1. The zero-order valence-corrected chi connectivity index (χ0v) is 11.3. The number of hydrogen-bond acceptors (Lipinski definition) is 3. The molecule has 0 saturated heterocycles. The number of hydrogen-bond donors (Lipinski definition) is 3. The van der Waals surface area contributed by atoms with E-state index in [2.05, 4.69) is 5.32 Å². The minimum absolute atomic E-state index is 0. The zero-order chi connectivity index (χ0) is 12.7. The molecule has 0 aliphatic carbocycles. The molecule has 0 fully saturated rings. The summed E-state index contributed by atoms with van der Waals surface area (Å²) >= 11 is 0. The van der Waals surface area contributed by atoms with Crippen molar-refractivity contribution in [1.82, 2.24) is 5.32 Å². The highest BCUT2D eigenvalue weighted by Crippen LogP contribution is 2.09. The number of aliphatic hydroxyl groups is 1. The van der Waals surface area contributed by atoms with Crippen LogP contribution in [0.4, 0.5) is 0 Å². The molecule has 0 spiro atoms. The Morgan fingerprint density at radius 2 is 2.00 bits per heavy atom. The van der Waals surface area contributed by atoms with Crippen LogP contribution in [-0.2, 0) is 4.79 Å². The predicted molar refractivity (Wildman–Crippen MR) is 74.5 cm³/mol. The summed E-state index contributed by atoms with van der Waals surface area (Å²) in [5.74, 6) is -0.258. The Kier molecular flexibility index (Phi) is 8.37. The molecule has 0 aliphatic heterocycles. The lowest BCUT2D eigenvalue weighted by Crippen LogP contribution is -2.38. The van der Waals surface area contributed by atoms with E-state index >= 15 is 0 Å². The first-order valence-corrected chi connectivity index (χ1v) is 5.91. The Bertz CT molecular complexity index is 346. The quantitative estimate of drug-likeness (QED) is 0.732. The first-order valence-electron chi connectivity index (χ1n) is 5.91. The fourth-order valence-electron chi connectivity index (χ4n) is 1.58. The molecule has 102 valence electrons. The number of benzene rings is 1. The molecule has 0 aromatic heterocycles. The van der Waals surface area contributed by atoms with Gasteiger partial charge in [0, 0.05) is 6.54 Å². The third-order valence-electron chi connectivity index (χ3n) is 2.57. The van der Waals surface area contributed by atoms with Gasteiger partial charge in [0.25, 0.3) is 0 Å². The number of aliphatic hydroxyl groups excluding tert-OH is 1. The monoisotopic (exact) mass is 272 g/mol. The van der Waals surface area contributed by atoms with Gasteiger partial charge in [0.15, 0.2) is 0 Å². The van der Waals surface area contributed by atoms with Gasteiger partial charge in [-0.2, -0.15) is 0 Å². The van der Waals surface area contributed by atoms with E-state index in [-0.39, 0.29) is 24.9 Å². The van der Waals surface area contributed by atoms with E-state index in [1.54, 1.807) is 0 Å². The van der Waals surface area contributed by atoms with Crippen molar-refractivity contribution in [3.63, 3.8) is 0 Å². The van der Waals surface area contributed by atoms with Crippen LogP contribution in [0.5, 0.6) is 0 Å². The third kappa shape index (κ3) is 5.49. The van der Waals surface area contributed by atoms with Crippen molar-refractivity contribution in [2.24, 2.45) is 5.73 Å². The van der Waals surface area contributed by atoms with Crippen LogP contribution in [0.15, 0.2) is 30.3 Å². The van der Waals surface area contributed by atoms with E-state index in [0.717, 1.165) is 12.0 Å². The Balaban J connectivity index is 0.00000289. The average Bonchev–Trinajstić information content (AvgIpc) is 2.36. The molecule has 5 heteroatoms. The lowest BCUT2D eigenvalue weighted by molar-refractivity contribution is -0.123. The lowest BCUT2D eigenvalue weighted by Gasteiger charge is -2.15. The first-order chi connectivity index (χ1) is 8.15. The Labute approximate surface area is 114 Å². The van der Waals surface area contributed by atoms with Crippen molar-refractivity contribution >= 4 is 18.3 Å². The Morgan fingerprint density at radius 1 is 1.39 bits per heavy atom. The van der Waals surface area contributed by atoms with Gasteiger partial charge in [-0.25, -0.2) is 0 Å². The maximum Gasteiger partial charge on any atom is 0.241 e. The summed E-state index contributed by atoms with van der Waals surface area (Å²) < 4.78 is 0. The van der Waals surface area contributed by atoms with Gasteiger partial charge in [-0.3, -0.25) is 4.79 Å². The maximum atomic E-state index is 11.7. The van der Waals surface area contributed by atoms with Gasteiger partial charge in [-0.15, -0.1) is 12.4 Å². The van der Waals surface area contributed by atoms with Crippen molar-refractivity contribution in [2.45, 2.75) is 31.9 Å². The smallest absolute Gasteiger partial charge is 0.241 e. The highest BCUT2D eigenvalue weighted by Gasteiger charge is 2.15. The minimum Gasteiger partial charge on any atom is -0.391 e. The molecule has 2 unspecified atom stereocenters. The Morgan fingerprint density at radius 3 is 2.56 bits per heavy atom. The highest BCUT2D eigenvalue weighted by atomic mass is 35.5. The summed E-state index contributed by atoms with van der Waals surface area (Å²) in [4.78, 5) is 11.7. The summed E-state index contributed by atoms with van der Waals surface area (Å²) in [6.07, 6.45) is 1.08. The molecule has 2 atom stereocenters. The van der Waals surface area contributed by atoms with Crippen LogP contribution in [0.25, 0.3) is 0 Å². The topological polar surface area (TPSA) is 75.3 Å². The number of nitrogens with one attached hydrogen (secondary N) is 1. The molecule has 4 nitrogen and oxygen atoms in total. The summed E-state index contributed by atoms with van der Waals surface area (Å²) in [6, 6.07) is 8.51. The number of halogens is 1. The molecule has 0 radical (unpaired) electrons. The Hall–Kier alpha value is -1.10. The van der Waals surface area contributed by atoms with E-state index in [1.807, 2.05) is 37.3 Å². The zero-order valence-electron chi connectivity index (χ0n) is 10.5. The molecule has 0 aliphatic rings. The van der Waals surface area contributed by atoms with Crippen LogP contribution in [0.1, 0.15) is 31.4 Å². The largest absolute Gasteiger partial charge is 0.391 e. The van der Waals surface area contributed by atoms with Gasteiger partial charge in [0.05, 0.1) is 6.10 Å². The molecule has 1 amide bonds. The van der Waals surface area contributed by atoms with E-state index in [1.165, 1.54) is 0 Å². The number of nitrogens with two attached hydrogens (primary N) is 1. The van der Waals surface area contributed by atoms with Gasteiger partial charge in [-0.05, 0) is 12.0 Å². The number of amides is 1. The molecule has 1 rings (SSSR count). The predicted octanol–water partition coefficient (Wildman–Crippen LogP) is 1.39. The third-order valence-corrected chi connectivity index (χ3v) is 2.57. The summed E-state index contributed by atoms with van der Waals surface area (Å²) in [7, 11) is 0. The molecule has 4 N–H and O–H groups in total. The fourth-order valence-corrected chi connectivity index (χ4v) is 1.58. The number of rotatable bonds is 6. The summed E-state index contributed by atoms with van der Waals surface area (Å²) in [6.45, 7) is 2.24. The van der Waals surface area contributed by atoms with Gasteiger partial charge in [0.1, 0.15) is 6.04 Å². The van der Waals surface area contributed by atoms with Gasteiger partial charge < -0.3 is 16.2 Å². The summed E-state index contributed by atoms with van der Waals surface area (Å²) in [5.41, 5.74) is 6.58. The van der Waals surface area contributed by atoms with Crippen LogP contribution in [0.3, 0.4) is 0 Å². The normalized spacial score (nSPS) is 13.3. The number of carbonyl (C=O) groups excluding carboxylic acids is 1. The van der Waals surface area contributed by atoms with Gasteiger partial charge in [0.2, 0.25) is 5.91 Å². The molecule has 18 heavy (non-hydrogen) atoms. The molecule has 0 heterocycles. The van der Waals surface area contributed by atoms with Crippen LogP contribution in [0, 0.1) is 0 Å². The van der Waals surface area contributed by atoms with Crippen LogP contribution >= 0.6 is 12.4 Å². The second-order valence-corrected chi connectivity index (χ2v) is 4.08. The minimum atomic E-state index is -0.676. The van der Waals surface area contributed by atoms with E-state index < -0.39 is 12.1 Å².